The zero-order valence-electron chi connectivity index (χ0n) is 9.81. The molecule has 1 aromatic carbocycles. The maximum absolute atomic E-state index is 6.15. The Morgan fingerprint density at radius 3 is 2.65 bits per heavy atom. The van der Waals surface area contributed by atoms with Crippen LogP contribution >= 0.6 is 11.6 Å². The number of rotatable bonds is 4. The van der Waals surface area contributed by atoms with Crippen molar-refractivity contribution in [2.45, 2.75) is 25.9 Å². The van der Waals surface area contributed by atoms with Gasteiger partial charge in [0.05, 0.1) is 6.20 Å². The van der Waals surface area contributed by atoms with Gasteiger partial charge >= 0.3 is 0 Å². The van der Waals surface area contributed by atoms with Gasteiger partial charge in [0, 0.05) is 23.8 Å². The van der Waals surface area contributed by atoms with Crippen LogP contribution in [0.25, 0.3) is 0 Å². The Bertz CT molecular complexity index is 476. The molecule has 0 saturated carbocycles. The van der Waals surface area contributed by atoms with Gasteiger partial charge in [0.15, 0.2) is 0 Å². The summed E-state index contributed by atoms with van der Waals surface area (Å²) < 4.78 is 1.91. The normalized spacial score (nSPS) is 12.6. The van der Waals surface area contributed by atoms with E-state index in [1.54, 1.807) is 0 Å². The third-order valence-electron chi connectivity index (χ3n) is 2.76. The molecule has 0 amide bonds. The second-order valence-corrected chi connectivity index (χ2v) is 4.50. The number of nitrogens with zero attached hydrogens (tertiary/aromatic N) is 2. The summed E-state index contributed by atoms with van der Waals surface area (Å²) in [6.07, 6.45) is 4.71. The molecule has 2 rings (SSSR count). The van der Waals surface area contributed by atoms with Gasteiger partial charge in [-0.3, -0.25) is 4.68 Å². The fraction of sp³-hybridized carbons (Fsp3) is 0.308. The second kappa shape index (κ2) is 5.34. The largest absolute Gasteiger partial charge is 0.324 e. The Balaban J connectivity index is 2.05. The monoisotopic (exact) mass is 249 g/mol. The summed E-state index contributed by atoms with van der Waals surface area (Å²) in [7, 11) is 0. The van der Waals surface area contributed by atoms with Gasteiger partial charge in [0.25, 0.3) is 0 Å². The maximum Gasteiger partial charge on any atom is 0.0522 e. The van der Waals surface area contributed by atoms with E-state index in [0.717, 1.165) is 29.1 Å². The predicted octanol–water partition coefficient (Wildman–Crippen LogP) is 2.80. The molecule has 1 heterocycles. The van der Waals surface area contributed by atoms with E-state index >= 15 is 0 Å². The van der Waals surface area contributed by atoms with Gasteiger partial charge in [-0.1, -0.05) is 23.7 Å². The standard InChI is InChI=1S/C13H16ClN3/c1-2-17-9-10(8-16-17)7-13(15)11-3-5-12(14)6-4-11/h3-6,8-9,13H,2,7,15H2,1H3. The summed E-state index contributed by atoms with van der Waals surface area (Å²) in [6.45, 7) is 2.95. The van der Waals surface area contributed by atoms with Crippen molar-refractivity contribution in [1.82, 2.24) is 9.78 Å². The molecule has 4 heteroatoms. The van der Waals surface area contributed by atoms with Crippen LogP contribution in [0.4, 0.5) is 0 Å². The molecule has 1 aromatic heterocycles. The van der Waals surface area contributed by atoms with Gasteiger partial charge < -0.3 is 5.73 Å². The van der Waals surface area contributed by atoms with Crippen molar-refractivity contribution in [1.29, 1.82) is 0 Å². The van der Waals surface area contributed by atoms with Crippen molar-refractivity contribution < 1.29 is 0 Å². The van der Waals surface area contributed by atoms with Crippen molar-refractivity contribution in [3.05, 3.63) is 52.8 Å². The number of halogens is 1. The highest BCUT2D eigenvalue weighted by atomic mass is 35.5. The Kier molecular flexibility index (Phi) is 3.82. The minimum Gasteiger partial charge on any atom is -0.324 e. The molecule has 0 aliphatic carbocycles. The Morgan fingerprint density at radius 1 is 1.35 bits per heavy atom. The van der Waals surface area contributed by atoms with E-state index in [0.29, 0.717) is 0 Å². The molecule has 1 unspecified atom stereocenters. The summed E-state index contributed by atoms with van der Waals surface area (Å²) in [5, 5.41) is 4.97. The van der Waals surface area contributed by atoms with Crippen LogP contribution in [0.2, 0.25) is 5.02 Å². The molecule has 2 N–H and O–H groups in total. The summed E-state index contributed by atoms with van der Waals surface area (Å²) in [5.41, 5.74) is 8.41. The van der Waals surface area contributed by atoms with Crippen molar-refractivity contribution in [3.8, 4) is 0 Å². The molecule has 2 aromatic rings. The lowest BCUT2D eigenvalue weighted by molar-refractivity contribution is 0.657. The molecule has 0 aliphatic heterocycles. The Hall–Kier alpha value is -1.32. The molecule has 90 valence electrons. The van der Waals surface area contributed by atoms with Gasteiger partial charge in [-0.15, -0.1) is 0 Å². The van der Waals surface area contributed by atoms with E-state index in [4.69, 9.17) is 17.3 Å². The maximum atomic E-state index is 6.15. The van der Waals surface area contributed by atoms with Crippen LogP contribution < -0.4 is 5.73 Å². The average Bonchev–Trinajstić information content (AvgIpc) is 2.77. The number of benzene rings is 1. The first-order valence-corrected chi connectivity index (χ1v) is 6.09. The highest BCUT2D eigenvalue weighted by molar-refractivity contribution is 6.30. The topological polar surface area (TPSA) is 43.8 Å². The molecule has 1 atom stereocenters. The van der Waals surface area contributed by atoms with Crippen LogP contribution in [0, 0.1) is 0 Å². The van der Waals surface area contributed by atoms with E-state index in [2.05, 4.69) is 12.0 Å². The van der Waals surface area contributed by atoms with Crippen LogP contribution in [-0.4, -0.2) is 9.78 Å². The quantitative estimate of drug-likeness (QED) is 0.906. The number of aryl methyl sites for hydroxylation is 1. The minimum atomic E-state index is -0.0122. The van der Waals surface area contributed by atoms with Crippen LogP contribution in [0.5, 0.6) is 0 Å². The lowest BCUT2D eigenvalue weighted by atomic mass is 10.0. The zero-order valence-corrected chi connectivity index (χ0v) is 10.6. The lowest BCUT2D eigenvalue weighted by Gasteiger charge is -2.10. The molecule has 0 saturated heterocycles. The van der Waals surface area contributed by atoms with Crippen molar-refractivity contribution in [3.63, 3.8) is 0 Å². The van der Waals surface area contributed by atoms with Crippen molar-refractivity contribution in [2.75, 3.05) is 0 Å². The number of hydrogen-bond acceptors (Lipinski definition) is 2. The van der Waals surface area contributed by atoms with Crippen LogP contribution in [0.3, 0.4) is 0 Å². The smallest absolute Gasteiger partial charge is 0.0522 e. The molecule has 17 heavy (non-hydrogen) atoms. The van der Waals surface area contributed by atoms with Crippen LogP contribution in [0.1, 0.15) is 24.1 Å². The van der Waals surface area contributed by atoms with Gasteiger partial charge in [-0.05, 0) is 36.6 Å². The molecule has 0 radical (unpaired) electrons. The van der Waals surface area contributed by atoms with Gasteiger partial charge in [-0.2, -0.15) is 5.10 Å². The first-order valence-electron chi connectivity index (χ1n) is 5.71. The van der Waals surface area contributed by atoms with Crippen molar-refractivity contribution >= 4 is 11.6 Å². The SMILES string of the molecule is CCn1cc(CC(N)c2ccc(Cl)cc2)cn1. The summed E-state index contributed by atoms with van der Waals surface area (Å²) in [4.78, 5) is 0. The average molecular weight is 250 g/mol. The van der Waals surface area contributed by atoms with E-state index in [-0.39, 0.29) is 6.04 Å². The molecular formula is C13H16ClN3. The summed E-state index contributed by atoms with van der Waals surface area (Å²) >= 11 is 5.84. The third kappa shape index (κ3) is 3.08. The molecule has 0 bridgehead atoms. The second-order valence-electron chi connectivity index (χ2n) is 4.07. The number of aromatic nitrogens is 2. The third-order valence-corrected chi connectivity index (χ3v) is 3.02. The van der Waals surface area contributed by atoms with Crippen LogP contribution in [-0.2, 0) is 13.0 Å². The Labute approximate surface area is 106 Å². The zero-order chi connectivity index (χ0) is 12.3. The first kappa shape index (κ1) is 12.1. The summed E-state index contributed by atoms with van der Waals surface area (Å²) in [5.74, 6) is 0. The molecular weight excluding hydrogens is 234 g/mol. The van der Waals surface area contributed by atoms with Gasteiger partial charge in [-0.25, -0.2) is 0 Å². The number of hydrogen-bond donors (Lipinski definition) is 1. The fourth-order valence-electron chi connectivity index (χ4n) is 1.77. The molecule has 0 fully saturated rings. The van der Waals surface area contributed by atoms with Crippen LogP contribution in [0.15, 0.2) is 36.7 Å². The molecule has 0 aliphatic rings. The van der Waals surface area contributed by atoms with E-state index in [1.807, 2.05) is 41.3 Å². The Morgan fingerprint density at radius 2 is 2.06 bits per heavy atom. The van der Waals surface area contributed by atoms with Gasteiger partial charge in [0.1, 0.15) is 0 Å². The minimum absolute atomic E-state index is 0.0122. The predicted molar refractivity (Wildman–Crippen MR) is 70.0 cm³/mol. The molecule has 3 nitrogen and oxygen atoms in total. The summed E-state index contributed by atoms with van der Waals surface area (Å²) in [6, 6.07) is 7.66. The highest BCUT2D eigenvalue weighted by Gasteiger charge is 2.08. The van der Waals surface area contributed by atoms with E-state index in [1.165, 1.54) is 0 Å². The van der Waals surface area contributed by atoms with E-state index in [9.17, 15) is 0 Å². The van der Waals surface area contributed by atoms with Crippen molar-refractivity contribution in [2.24, 2.45) is 5.73 Å². The number of nitrogens with two attached hydrogens (primary N) is 1. The lowest BCUT2D eigenvalue weighted by Crippen LogP contribution is -2.12. The van der Waals surface area contributed by atoms with Gasteiger partial charge in [0.2, 0.25) is 0 Å². The first-order chi connectivity index (χ1) is 8.19. The molecule has 0 spiro atoms. The highest BCUT2D eigenvalue weighted by Crippen LogP contribution is 2.18. The fourth-order valence-corrected chi connectivity index (χ4v) is 1.89. The van der Waals surface area contributed by atoms with E-state index < -0.39 is 0 Å².